The zero-order chi connectivity index (χ0) is 9.52. The Morgan fingerprint density at radius 1 is 1.25 bits per heavy atom. The van der Waals surface area contributed by atoms with Crippen molar-refractivity contribution in [2.24, 2.45) is 0 Å². The fourth-order valence-corrected chi connectivity index (χ4v) is 1.37. The normalized spacial score (nSPS) is 15.2. The lowest BCUT2D eigenvalue weighted by atomic mass is 10.3. The van der Waals surface area contributed by atoms with Crippen LogP contribution < -0.4 is 10.6 Å². The molecule has 0 unspecified atom stereocenters. The predicted octanol–water partition coefficient (Wildman–Crippen LogP) is -0.169. The Morgan fingerprint density at radius 2 is 1.81 bits per heavy atom. The van der Waals surface area contributed by atoms with E-state index in [1.54, 1.807) is 0 Å². The van der Waals surface area contributed by atoms with Crippen LogP contribution in [0.5, 0.6) is 0 Å². The first-order chi connectivity index (χ1) is 6.29. The van der Waals surface area contributed by atoms with Gasteiger partial charge < -0.3 is 15.7 Å². The first-order valence-corrected chi connectivity index (χ1v) is 4.64. The highest BCUT2D eigenvalue weighted by atomic mass is 35.5. The number of aliphatic carboxylic acids is 1. The molecule has 16 heavy (non-hydrogen) atoms. The van der Waals surface area contributed by atoms with Crippen molar-refractivity contribution in [3.05, 3.63) is 0 Å². The van der Waals surface area contributed by atoms with Crippen LogP contribution in [-0.4, -0.2) is 61.8 Å². The van der Waals surface area contributed by atoms with Crippen LogP contribution in [0.25, 0.3) is 0 Å². The lowest BCUT2D eigenvalue weighted by Crippen LogP contribution is -2.46. The number of rotatable bonds is 5. The second-order valence-corrected chi connectivity index (χ2v) is 3.16. The predicted molar refractivity (Wildman–Crippen MR) is 71.6 cm³/mol. The molecule has 0 aliphatic carbocycles. The van der Waals surface area contributed by atoms with Crippen molar-refractivity contribution in [3.63, 3.8) is 0 Å². The summed E-state index contributed by atoms with van der Waals surface area (Å²) < 4.78 is 0. The number of piperazine rings is 1. The topological polar surface area (TPSA) is 64.6 Å². The molecule has 0 radical (unpaired) electrons. The molecule has 100 valence electrons. The number of carboxylic acids is 1. The summed E-state index contributed by atoms with van der Waals surface area (Å²) in [6.45, 7) is 5.97. The van der Waals surface area contributed by atoms with E-state index in [0.717, 1.165) is 39.3 Å². The molecule has 1 aliphatic rings. The zero-order valence-electron chi connectivity index (χ0n) is 8.98. The number of nitrogens with zero attached hydrogens (tertiary/aromatic N) is 1. The van der Waals surface area contributed by atoms with Gasteiger partial charge in [0, 0.05) is 39.3 Å². The molecule has 0 aromatic rings. The smallest absolute Gasteiger partial charge is 0.317 e. The maximum atomic E-state index is 10.2. The third-order valence-electron chi connectivity index (χ3n) is 2.09. The Labute approximate surface area is 115 Å². The summed E-state index contributed by atoms with van der Waals surface area (Å²) in [7, 11) is 0. The number of hydrogen-bond donors (Lipinski definition) is 3. The van der Waals surface area contributed by atoms with Gasteiger partial charge in [0.05, 0.1) is 6.54 Å². The largest absolute Gasteiger partial charge is 0.480 e. The van der Waals surface area contributed by atoms with Gasteiger partial charge in [-0.3, -0.25) is 9.69 Å². The third-order valence-corrected chi connectivity index (χ3v) is 2.09. The number of hydrogen-bond acceptors (Lipinski definition) is 4. The zero-order valence-corrected chi connectivity index (χ0v) is 11.4. The number of carboxylic acid groups (broad SMARTS) is 1. The summed E-state index contributed by atoms with van der Waals surface area (Å²) in [5.74, 6) is -0.791. The van der Waals surface area contributed by atoms with Crippen molar-refractivity contribution in [1.82, 2.24) is 15.5 Å². The Hall–Kier alpha value is 0.220. The fraction of sp³-hybridized carbons (Fsp3) is 0.875. The summed E-state index contributed by atoms with van der Waals surface area (Å²) in [4.78, 5) is 12.5. The van der Waals surface area contributed by atoms with Gasteiger partial charge in [0.1, 0.15) is 0 Å². The highest BCUT2D eigenvalue weighted by molar-refractivity contribution is 5.86. The Bertz CT molecular complexity index is 169. The highest BCUT2D eigenvalue weighted by Crippen LogP contribution is 1.89. The van der Waals surface area contributed by atoms with Crippen molar-refractivity contribution < 1.29 is 9.90 Å². The van der Waals surface area contributed by atoms with Gasteiger partial charge in [-0.05, 0) is 0 Å². The van der Waals surface area contributed by atoms with E-state index in [2.05, 4.69) is 15.5 Å². The molecule has 5 nitrogen and oxygen atoms in total. The monoisotopic (exact) mass is 295 g/mol. The lowest BCUT2D eigenvalue weighted by Gasteiger charge is -2.26. The van der Waals surface area contributed by atoms with Gasteiger partial charge in [0.25, 0.3) is 0 Å². The van der Waals surface area contributed by atoms with Gasteiger partial charge >= 0.3 is 5.97 Å². The molecular formula is C8H20Cl3N3O2. The molecule has 0 aromatic carbocycles. The first kappa shape index (κ1) is 21.5. The molecule has 3 N–H and O–H groups in total. The third kappa shape index (κ3) is 10.7. The minimum atomic E-state index is -0.791. The van der Waals surface area contributed by atoms with E-state index in [9.17, 15) is 4.79 Å². The van der Waals surface area contributed by atoms with Crippen LogP contribution in [0.4, 0.5) is 0 Å². The SMILES string of the molecule is Cl.Cl.Cl.O=C(O)CNCCN1CCNCC1. The number of carbonyl (C=O) groups is 1. The summed E-state index contributed by atoms with van der Waals surface area (Å²) in [6.07, 6.45) is 0. The standard InChI is InChI=1S/C8H17N3O2.3ClH/c12-8(13)7-10-3-6-11-4-1-9-2-5-11;;;/h9-10H,1-7H2,(H,12,13);3*1H. The minimum absolute atomic E-state index is 0. The Balaban J connectivity index is -0.000000563. The van der Waals surface area contributed by atoms with Crippen LogP contribution >= 0.6 is 37.2 Å². The second kappa shape index (κ2) is 13.3. The maximum Gasteiger partial charge on any atom is 0.317 e. The molecule has 1 fully saturated rings. The van der Waals surface area contributed by atoms with E-state index in [0.29, 0.717) is 0 Å². The number of nitrogens with one attached hydrogen (secondary N) is 2. The van der Waals surface area contributed by atoms with Gasteiger partial charge in [0.2, 0.25) is 0 Å². The van der Waals surface area contributed by atoms with Crippen LogP contribution in [0, 0.1) is 0 Å². The maximum absolute atomic E-state index is 10.2. The van der Waals surface area contributed by atoms with Crippen molar-refractivity contribution >= 4 is 43.2 Å². The molecule has 0 saturated carbocycles. The van der Waals surface area contributed by atoms with Crippen molar-refractivity contribution in [2.45, 2.75) is 0 Å². The average Bonchev–Trinajstić information content (AvgIpc) is 2.14. The summed E-state index contributed by atoms with van der Waals surface area (Å²) >= 11 is 0. The van der Waals surface area contributed by atoms with Crippen LogP contribution in [0.1, 0.15) is 0 Å². The van der Waals surface area contributed by atoms with Crippen LogP contribution in [-0.2, 0) is 4.79 Å². The Kier molecular flexibility index (Phi) is 17.9. The average molecular weight is 297 g/mol. The number of halogens is 3. The summed E-state index contributed by atoms with van der Waals surface area (Å²) in [5, 5.41) is 14.5. The quantitative estimate of drug-likeness (QED) is 0.615. The van der Waals surface area contributed by atoms with E-state index >= 15 is 0 Å². The molecule has 0 aromatic heterocycles. The van der Waals surface area contributed by atoms with Gasteiger partial charge in [-0.1, -0.05) is 0 Å². The molecule has 1 saturated heterocycles. The second-order valence-electron chi connectivity index (χ2n) is 3.16. The first-order valence-electron chi connectivity index (χ1n) is 4.64. The summed E-state index contributed by atoms with van der Waals surface area (Å²) in [6, 6.07) is 0. The van der Waals surface area contributed by atoms with E-state index < -0.39 is 5.97 Å². The Morgan fingerprint density at radius 3 is 2.31 bits per heavy atom. The van der Waals surface area contributed by atoms with Gasteiger partial charge in [0.15, 0.2) is 0 Å². The van der Waals surface area contributed by atoms with Gasteiger partial charge in [-0.2, -0.15) is 0 Å². The molecule has 1 rings (SSSR count). The molecule has 0 atom stereocenters. The van der Waals surface area contributed by atoms with Gasteiger partial charge in [-0.15, -0.1) is 37.2 Å². The van der Waals surface area contributed by atoms with E-state index in [1.165, 1.54) is 0 Å². The molecule has 1 heterocycles. The van der Waals surface area contributed by atoms with E-state index in [-0.39, 0.29) is 43.8 Å². The van der Waals surface area contributed by atoms with E-state index in [1.807, 2.05) is 0 Å². The van der Waals surface area contributed by atoms with Gasteiger partial charge in [-0.25, -0.2) is 0 Å². The molecule has 0 spiro atoms. The highest BCUT2D eigenvalue weighted by Gasteiger charge is 2.08. The minimum Gasteiger partial charge on any atom is -0.480 e. The summed E-state index contributed by atoms with van der Waals surface area (Å²) in [5.41, 5.74) is 0. The fourth-order valence-electron chi connectivity index (χ4n) is 1.37. The molecular weight excluding hydrogens is 276 g/mol. The lowest BCUT2D eigenvalue weighted by molar-refractivity contribution is -0.135. The van der Waals surface area contributed by atoms with Crippen molar-refractivity contribution in [3.8, 4) is 0 Å². The van der Waals surface area contributed by atoms with Crippen LogP contribution in [0.2, 0.25) is 0 Å². The molecule has 8 heteroatoms. The molecule has 1 aliphatic heterocycles. The van der Waals surface area contributed by atoms with Crippen molar-refractivity contribution in [2.75, 3.05) is 45.8 Å². The van der Waals surface area contributed by atoms with Crippen LogP contribution in [0.15, 0.2) is 0 Å². The van der Waals surface area contributed by atoms with E-state index in [4.69, 9.17) is 5.11 Å². The molecule has 0 amide bonds. The van der Waals surface area contributed by atoms with Crippen molar-refractivity contribution in [1.29, 1.82) is 0 Å². The van der Waals surface area contributed by atoms with Crippen LogP contribution in [0.3, 0.4) is 0 Å². The molecule has 0 bridgehead atoms.